The molecule has 1 aromatic carbocycles. The van der Waals surface area contributed by atoms with Gasteiger partial charge in [-0.05, 0) is 25.0 Å². The van der Waals surface area contributed by atoms with Crippen molar-refractivity contribution in [2.45, 2.75) is 50.6 Å². The van der Waals surface area contributed by atoms with Crippen molar-refractivity contribution in [1.29, 1.82) is 0 Å². The molecule has 4 nitrogen and oxygen atoms in total. The molecule has 0 amide bonds. The smallest absolute Gasteiger partial charge is 0.242 e. The van der Waals surface area contributed by atoms with Gasteiger partial charge in [-0.15, -0.1) is 0 Å². The Kier molecular flexibility index (Phi) is 6.75. The van der Waals surface area contributed by atoms with Crippen molar-refractivity contribution in [2.75, 3.05) is 0 Å². The molecule has 3 N–H and O–H groups in total. The first-order chi connectivity index (χ1) is 9.37. The van der Waals surface area contributed by atoms with Crippen LogP contribution in [0.5, 0.6) is 0 Å². The van der Waals surface area contributed by atoms with Gasteiger partial charge in [0, 0.05) is 23.2 Å². The molecule has 1 unspecified atom stereocenters. The summed E-state index contributed by atoms with van der Waals surface area (Å²) < 4.78 is 27.5. The molecule has 0 saturated heterocycles. The van der Waals surface area contributed by atoms with Crippen molar-refractivity contribution in [2.24, 2.45) is 5.73 Å². The second-order valence-electron chi connectivity index (χ2n) is 4.56. The van der Waals surface area contributed by atoms with Crippen LogP contribution < -0.4 is 10.5 Å². The molecule has 1 aromatic rings. The largest absolute Gasteiger partial charge is 0.326 e. The van der Waals surface area contributed by atoms with Gasteiger partial charge in [-0.25, -0.2) is 13.1 Å². The standard InChI is InChI=1S/C13H20Cl2N2O2S/c1-3-5-9(4-2)17-20(18,19)12-7-6-11(14)10(8-16)13(12)15/h6-7,9,17H,3-5,8,16H2,1-2H3. The average Bonchev–Trinajstić information content (AvgIpc) is 2.38. The summed E-state index contributed by atoms with van der Waals surface area (Å²) in [7, 11) is -3.67. The van der Waals surface area contributed by atoms with Crippen molar-refractivity contribution in [3.8, 4) is 0 Å². The van der Waals surface area contributed by atoms with Gasteiger partial charge >= 0.3 is 0 Å². The van der Waals surface area contributed by atoms with E-state index in [4.69, 9.17) is 28.9 Å². The molecule has 0 aliphatic rings. The van der Waals surface area contributed by atoms with Crippen molar-refractivity contribution in [3.63, 3.8) is 0 Å². The highest BCUT2D eigenvalue weighted by Crippen LogP contribution is 2.30. The lowest BCUT2D eigenvalue weighted by Crippen LogP contribution is -2.34. The Morgan fingerprint density at radius 3 is 2.45 bits per heavy atom. The van der Waals surface area contributed by atoms with Crippen LogP contribution in [0.4, 0.5) is 0 Å². The Labute approximate surface area is 130 Å². The Morgan fingerprint density at radius 2 is 1.95 bits per heavy atom. The predicted octanol–water partition coefficient (Wildman–Crippen LogP) is 3.31. The maximum absolute atomic E-state index is 12.4. The van der Waals surface area contributed by atoms with Gasteiger partial charge in [-0.3, -0.25) is 0 Å². The summed E-state index contributed by atoms with van der Waals surface area (Å²) in [6.07, 6.45) is 2.41. The molecule has 0 fully saturated rings. The highest BCUT2D eigenvalue weighted by molar-refractivity contribution is 7.89. The third kappa shape index (κ3) is 4.09. The lowest BCUT2D eigenvalue weighted by molar-refractivity contribution is 0.512. The van der Waals surface area contributed by atoms with E-state index >= 15 is 0 Å². The molecule has 0 aliphatic carbocycles. The number of rotatable bonds is 7. The molecule has 7 heteroatoms. The molecule has 0 heterocycles. The Hall–Kier alpha value is -0.330. The highest BCUT2D eigenvalue weighted by Gasteiger charge is 2.23. The number of hydrogen-bond donors (Lipinski definition) is 2. The van der Waals surface area contributed by atoms with Crippen LogP contribution in [-0.4, -0.2) is 14.5 Å². The summed E-state index contributed by atoms with van der Waals surface area (Å²) >= 11 is 12.1. The zero-order valence-corrected chi connectivity index (χ0v) is 13.9. The highest BCUT2D eigenvalue weighted by atomic mass is 35.5. The molecule has 0 spiro atoms. The zero-order chi connectivity index (χ0) is 15.3. The predicted molar refractivity (Wildman–Crippen MR) is 83.7 cm³/mol. The van der Waals surface area contributed by atoms with Gasteiger partial charge in [0.05, 0.1) is 5.02 Å². The topological polar surface area (TPSA) is 72.2 Å². The van der Waals surface area contributed by atoms with Crippen LogP contribution in [0.1, 0.15) is 38.7 Å². The SMILES string of the molecule is CCCC(CC)NS(=O)(=O)c1ccc(Cl)c(CN)c1Cl. The first-order valence-electron chi connectivity index (χ1n) is 6.56. The molecule has 0 radical (unpaired) electrons. The maximum atomic E-state index is 12.4. The van der Waals surface area contributed by atoms with E-state index in [1.54, 1.807) is 0 Å². The zero-order valence-electron chi connectivity index (χ0n) is 11.6. The number of nitrogens with two attached hydrogens (primary N) is 1. The first-order valence-corrected chi connectivity index (χ1v) is 8.80. The molecule has 20 heavy (non-hydrogen) atoms. The van der Waals surface area contributed by atoms with E-state index in [-0.39, 0.29) is 22.5 Å². The van der Waals surface area contributed by atoms with Crippen LogP contribution in [0, 0.1) is 0 Å². The minimum absolute atomic E-state index is 0.0265. The lowest BCUT2D eigenvalue weighted by Gasteiger charge is -2.18. The van der Waals surface area contributed by atoms with Gasteiger partial charge in [-0.1, -0.05) is 43.5 Å². The molecular weight excluding hydrogens is 319 g/mol. The first kappa shape index (κ1) is 17.7. The average molecular weight is 339 g/mol. The lowest BCUT2D eigenvalue weighted by atomic mass is 10.1. The fourth-order valence-electron chi connectivity index (χ4n) is 1.95. The minimum atomic E-state index is -3.67. The van der Waals surface area contributed by atoms with E-state index < -0.39 is 10.0 Å². The third-order valence-electron chi connectivity index (χ3n) is 3.10. The van der Waals surface area contributed by atoms with E-state index in [0.29, 0.717) is 10.6 Å². The number of hydrogen-bond acceptors (Lipinski definition) is 3. The molecular formula is C13H20Cl2N2O2S. The number of sulfonamides is 1. The summed E-state index contributed by atoms with van der Waals surface area (Å²) in [5.41, 5.74) is 6.00. The summed E-state index contributed by atoms with van der Waals surface area (Å²) in [4.78, 5) is 0.0265. The normalized spacial score (nSPS) is 13.4. The number of halogens is 2. The van der Waals surface area contributed by atoms with Crippen molar-refractivity contribution in [3.05, 3.63) is 27.7 Å². The summed E-state index contributed by atoms with van der Waals surface area (Å²) in [6.45, 7) is 4.05. The van der Waals surface area contributed by atoms with Crippen LogP contribution in [-0.2, 0) is 16.6 Å². The third-order valence-corrected chi connectivity index (χ3v) is 5.56. The van der Waals surface area contributed by atoms with E-state index in [9.17, 15) is 8.42 Å². The van der Waals surface area contributed by atoms with Crippen molar-refractivity contribution in [1.82, 2.24) is 4.72 Å². The van der Waals surface area contributed by atoms with Gasteiger partial charge in [0.2, 0.25) is 10.0 Å². The Morgan fingerprint density at radius 1 is 1.30 bits per heavy atom. The van der Waals surface area contributed by atoms with Gasteiger partial charge < -0.3 is 5.73 Å². The van der Waals surface area contributed by atoms with E-state index in [1.807, 2.05) is 13.8 Å². The van der Waals surface area contributed by atoms with Crippen molar-refractivity contribution >= 4 is 33.2 Å². The van der Waals surface area contributed by atoms with Crippen LogP contribution in [0.3, 0.4) is 0 Å². The van der Waals surface area contributed by atoms with Gasteiger partial charge in [0.1, 0.15) is 4.90 Å². The monoisotopic (exact) mass is 338 g/mol. The minimum Gasteiger partial charge on any atom is -0.326 e. The number of nitrogens with one attached hydrogen (secondary N) is 1. The van der Waals surface area contributed by atoms with E-state index in [2.05, 4.69) is 4.72 Å². The molecule has 114 valence electrons. The Balaban J connectivity index is 3.16. The molecule has 0 saturated carbocycles. The van der Waals surface area contributed by atoms with Crippen LogP contribution >= 0.6 is 23.2 Å². The molecule has 1 atom stereocenters. The van der Waals surface area contributed by atoms with Crippen LogP contribution in [0.15, 0.2) is 17.0 Å². The van der Waals surface area contributed by atoms with Gasteiger partial charge in [0.25, 0.3) is 0 Å². The summed E-state index contributed by atoms with van der Waals surface area (Å²) in [6, 6.07) is 2.81. The van der Waals surface area contributed by atoms with Crippen LogP contribution in [0.2, 0.25) is 10.0 Å². The second-order valence-corrected chi connectivity index (χ2v) is 7.02. The fraction of sp³-hybridized carbons (Fsp3) is 0.538. The maximum Gasteiger partial charge on any atom is 0.242 e. The van der Waals surface area contributed by atoms with E-state index in [1.165, 1.54) is 12.1 Å². The molecule has 0 bridgehead atoms. The van der Waals surface area contributed by atoms with E-state index in [0.717, 1.165) is 19.3 Å². The summed E-state index contributed by atoms with van der Waals surface area (Å²) in [5.74, 6) is 0. The van der Waals surface area contributed by atoms with Gasteiger partial charge in [-0.2, -0.15) is 0 Å². The summed E-state index contributed by atoms with van der Waals surface area (Å²) in [5, 5.41) is 0.468. The van der Waals surface area contributed by atoms with Crippen molar-refractivity contribution < 1.29 is 8.42 Å². The Bertz CT molecular complexity index is 562. The molecule has 0 aromatic heterocycles. The van der Waals surface area contributed by atoms with Gasteiger partial charge in [0.15, 0.2) is 0 Å². The van der Waals surface area contributed by atoms with Crippen LogP contribution in [0.25, 0.3) is 0 Å². The quantitative estimate of drug-likeness (QED) is 0.800. The molecule has 1 rings (SSSR count). The fourth-order valence-corrected chi connectivity index (χ4v) is 4.23. The second kappa shape index (κ2) is 7.61. The number of benzene rings is 1. The molecule has 0 aliphatic heterocycles.